The summed E-state index contributed by atoms with van der Waals surface area (Å²) < 4.78 is 0. The van der Waals surface area contributed by atoms with Crippen molar-refractivity contribution in [2.75, 3.05) is 0 Å². The van der Waals surface area contributed by atoms with Crippen molar-refractivity contribution in [2.45, 2.75) is 31.9 Å². The van der Waals surface area contributed by atoms with E-state index < -0.39 is 11.9 Å². The average Bonchev–Trinajstić information content (AvgIpc) is 2.29. The topological polar surface area (TPSA) is 54.4 Å². The monoisotopic (exact) mass is 266 g/mol. The van der Waals surface area contributed by atoms with Crippen LogP contribution in [0, 0.1) is 5.92 Å². The Morgan fingerprint density at radius 1 is 1.28 bits per heavy atom. The van der Waals surface area contributed by atoms with Crippen LogP contribution in [0.25, 0.3) is 0 Å². The fourth-order valence-corrected chi connectivity index (χ4v) is 2.81. The Hall–Kier alpha value is -1.29. The van der Waals surface area contributed by atoms with E-state index in [-0.39, 0.29) is 10.4 Å². The maximum Gasteiger partial charge on any atom is 0.307 e. The summed E-state index contributed by atoms with van der Waals surface area (Å²) in [5.41, 5.74) is 1.13. The van der Waals surface area contributed by atoms with Gasteiger partial charge in [-0.1, -0.05) is 49.0 Å². The van der Waals surface area contributed by atoms with E-state index >= 15 is 0 Å². The fourth-order valence-electron chi connectivity index (χ4n) is 1.87. The van der Waals surface area contributed by atoms with Gasteiger partial charge in [0.1, 0.15) is 0 Å². The van der Waals surface area contributed by atoms with Crippen molar-refractivity contribution in [3.8, 4) is 0 Å². The molecule has 98 valence electrons. The highest BCUT2D eigenvalue weighted by Crippen LogP contribution is 2.24. The van der Waals surface area contributed by atoms with E-state index in [9.17, 15) is 14.7 Å². The molecule has 3 nitrogen and oxygen atoms in total. The van der Waals surface area contributed by atoms with Gasteiger partial charge in [-0.15, -0.1) is 0 Å². The van der Waals surface area contributed by atoms with Crippen LogP contribution in [0.2, 0.25) is 0 Å². The first-order valence-corrected chi connectivity index (χ1v) is 6.82. The van der Waals surface area contributed by atoms with Crippen molar-refractivity contribution in [1.29, 1.82) is 0 Å². The Morgan fingerprint density at radius 3 is 2.39 bits per heavy atom. The van der Waals surface area contributed by atoms with Crippen LogP contribution >= 0.6 is 11.8 Å². The number of aliphatic carboxylic acids is 1. The highest BCUT2D eigenvalue weighted by molar-refractivity contribution is 8.14. The zero-order valence-electron chi connectivity index (χ0n) is 10.6. The van der Waals surface area contributed by atoms with Crippen molar-refractivity contribution >= 4 is 22.8 Å². The number of carboxylic acids is 1. The fraction of sp³-hybridized carbons (Fsp3) is 0.429. The highest BCUT2D eigenvalue weighted by atomic mass is 32.2. The van der Waals surface area contributed by atoms with Crippen LogP contribution in [0.1, 0.15) is 25.8 Å². The Morgan fingerprint density at radius 2 is 1.89 bits per heavy atom. The molecule has 0 bridgehead atoms. The lowest BCUT2D eigenvalue weighted by Crippen LogP contribution is -2.25. The Kier molecular flexibility index (Phi) is 5.92. The number of carbonyl (C=O) groups excluding carboxylic acids is 1. The van der Waals surface area contributed by atoms with Crippen LogP contribution in [0.4, 0.5) is 0 Å². The molecule has 4 heteroatoms. The summed E-state index contributed by atoms with van der Waals surface area (Å²) in [5, 5.41) is 8.99. The highest BCUT2D eigenvalue weighted by Gasteiger charge is 2.25. The summed E-state index contributed by atoms with van der Waals surface area (Å²) in [6.07, 6.45) is 1.28. The lowest BCUT2D eigenvalue weighted by atomic mass is 9.97. The van der Waals surface area contributed by atoms with Gasteiger partial charge in [-0.05, 0) is 18.4 Å². The zero-order chi connectivity index (χ0) is 13.5. The SMILES string of the molecule is CC(=O)SC(C)C(CCc1ccccc1)C(=O)O. The molecule has 0 aliphatic heterocycles. The first-order valence-electron chi connectivity index (χ1n) is 5.94. The maximum atomic E-state index is 11.2. The summed E-state index contributed by atoms with van der Waals surface area (Å²) in [4.78, 5) is 22.2. The molecule has 0 saturated heterocycles. The van der Waals surface area contributed by atoms with E-state index in [1.807, 2.05) is 30.3 Å². The van der Waals surface area contributed by atoms with E-state index in [0.717, 1.165) is 23.7 Å². The van der Waals surface area contributed by atoms with Gasteiger partial charge >= 0.3 is 5.97 Å². The van der Waals surface area contributed by atoms with E-state index in [1.54, 1.807) is 6.92 Å². The van der Waals surface area contributed by atoms with Crippen LogP contribution in [-0.2, 0) is 16.0 Å². The molecule has 0 radical (unpaired) electrons. The summed E-state index contributed by atoms with van der Waals surface area (Å²) in [6.45, 7) is 3.27. The molecule has 0 aliphatic rings. The summed E-state index contributed by atoms with van der Waals surface area (Å²) >= 11 is 1.11. The molecule has 1 aromatic rings. The average molecular weight is 266 g/mol. The second-order valence-electron chi connectivity index (χ2n) is 4.28. The lowest BCUT2D eigenvalue weighted by Gasteiger charge is -2.18. The van der Waals surface area contributed by atoms with E-state index in [4.69, 9.17) is 0 Å². The number of rotatable bonds is 6. The van der Waals surface area contributed by atoms with Crippen LogP contribution in [-0.4, -0.2) is 21.4 Å². The Balaban J connectivity index is 2.58. The van der Waals surface area contributed by atoms with Crippen molar-refractivity contribution in [3.63, 3.8) is 0 Å². The predicted molar refractivity (Wildman–Crippen MR) is 73.6 cm³/mol. The Bertz CT molecular complexity index is 403. The van der Waals surface area contributed by atoms with Gasteiger partial charge in [-0.25, -0.2) is 0 Å². The van der Waals surface area contributed by atoms with Crippen molar-refractivity contribution < 1.29 is 14.7 Å². The Labute approximate surface area is 112 Å². The molecule has 0 aromatic heterocycles. The number of carbonyl (C=O) groups is 2. The first kappa shape index (κ1) is 14.8. The van der Waals surface area contributed by atoms with Gasteiger partial charge in [0.15, 0.2) is 5.12 Å². The molecule has 1 aromatic carbocycles. The summed E-state index contributed by atoms with van der Waals surface area (Å²) in [6, 6.07) is 9.80. The van der Waals surface area contributed by atoms with E-state index in [0.29, 0.717) is 6.42 Å². The quantitative estimate of drug-likeness (QED) is 0.860. The molecule has 0 spiro atoms. The third kappa shape index (κ3) is 4.92. The van der Waals surface area contributed by atoms with Gasteiger partial charge in [0, 0.05) is 12.2 Å². The third-order valence-corrected chi connectivity index (χ3v) is 3.85. The van der Waals surface area contributed by atoms with Crippen molar-refractivity contribution in [1.82, 2.24) is 0 Å². The van der Waals surface area contributed by atoms with Gasteiger partial charge in [0.25, 0.3) is 0 Å². The zero-order valence-corrected chi connectivity index (χ0v) is 11.4. The maximum absolute atomic E-state index is 11.2. The number of benzene rings is 1. The van der Waals surface area contributed by atoms with Crippen molar-refractivity contribution in [3.05, 3.63) is 35.9 Å². The van der Waals surface area contributed by atoms with E-state index in [2.05, 4.69) is 0 Å². The molecule has 0 aliphatic carbocycles. The van der Waals surface area contributed by atoms with Crippen LogP contribution in [0.15, 0.2) is 30.3 Å². The molecule has 1 N–H and O–H groups in total. The number of thioether (sulfide) groups is 1. The minimum Gasteiger partial charge on any atom is -0.481 e. The smallest absolute Gasteiger partial charge is 0.307 e. The van der Waals surface area contributed by atoms with Crippen LogP contribution < -0.4 is 0 Å². The lowest BCUT2D eigenvalue weighted by molar-refractivity contribution is -0.141. The molecule has 2 atom stereocenters. The normalized spacial score (nSPS) is 13.9. The molecular weight excluding hydrogens is 248 g/mol. The molecule has 2 unspecified atom stereocenters. The molecule has 1 rings (SSSR count). The third-order valence-electron chi connectivity index (χ3n) is 2.82. The van der Waals surface area contributed by atoms with Gasteiger partial charge in [0.05, 0.1) is 5.92 Å². The molecular formula is C14H18O3S. The first-order chi connectivity index (χ1) is 8.50. The molecule has 0 amide bonds. The minimum absolute atomic E-state index is 0.0338. The number of hydrogen-bond donors (Lipinski definition) is 1. The predicted octanol–water partition coefficient (Wildman–Crippen LogP) is 2.99. The second kappa shape index (κ2) is 7.21. The summed E-state index contributed by atoms with van der Waals surface area (Å²) in [5.74, 6) is -1.31. The van der Waals surface area contributed by atoms with Crippen LogP contribution in [0.5, 0.6) is 0 Å². The molecule has 0 fully saturated rings. The second-order valence-corrected chi connectivity index (χ2v) is 5.84. The minimum atomic E-state index is -0.827. The number of carboxylic acid groups (broad SMARTS) is 1. The standard InChI is InChI=1S/C14H18O3S/c1-10(18-11(2)15)13(14(16)17)9-8-12-6-4-3-5-7-12/h3-7,10,13H,8-9H2,1-2H3,(H,16,17). The van der Waals surface area contributed by atoms with Crippen LogP contribution in [0.3, 0.4) is 0 Å². The molecule has 0 heterocycles. The summed E-state index contributed by atoms with van der Waals surface area (Å²) in [7, 11) is 0. The molecule has 18 heavy (non-hydrogen) atoms. The largest absolute Gasteiger partial charge is 0.481 e. The van der Waals surface area contributed by atoms with Gasteiger partial charge in [0.2, 0.25) is 0 Å². The van der Waals surface area contributed by atoms with Gasteiger partial charge in [-0.2, -0.15) is 0 Å². The molecule has 0 saturated carbocycles. The van der Waals surface area contributed by atoms with Gasteiger partial charge < -0.3 is 5.11 Å². The van der Waals surface area contributed by atoms with E-state index in [1.165, 1.54) is 6.92 Å². The number of aryl methyl sites for hydroxylation is 1. The van der Waals surface area contributed by atoms with Crippen molar-refractivity contribution in [2.24, 2.45) is 5.92 Å². The van der Waals surface area contributed by atoms with Gasteiger partial charge in [-0.3, -0.25) is 9.59 Å². The number of hydrogen-bond acceptors (Lipinski definition) is 3.